The van der Waals surface area contributed by atoms with E-state index in [1.165, 1.54) is 0 Å². The van der Waals surface area contributed by atoms with Crippen molar-refractivity contribution in [3.05, 3.63) is 27.7 Å². The van der Waals surface area contributed by atoms with Gasteiger partial charge in [-0.15, -0.1) is 0 Å². The summed E-state index contributed by atoms with van der Waals surface area (Å²) >= 11 is 2.74. The topological polar surface area (TPSA) is 26.3 Å². The van der Waals surface area contributed by atoms with E-state index in [9.17, 15) is 26.7 Å². The van der Waals surface area contributed by atoms with Crippen molar-refractivity contribution in [1.82, 2.24) is 0 Å². The number of ketones is 1. The SMILES string of the molecule is CC(=O)c1c(OC(F)F)cc(Br)cc1C(F)(F)F. The van der Waals surface area contributed by atoms with Crippen molar-refractivity contribution >= 4 is 21.7 Å². The smallest absolute Gasteiger partial charge is 0.417 e. The lowest BCUT2D eigenvalue weighted by Gasteiger charge is -2.16. The highest BCUT2D eigenvalue weighted by molar-refractivity contribution is 9.10. The van der Waals surface area contributed by atoms with Gasteiger partial charge in [-0.1, -0.05) is 15.9 Å². The molecule has 0 aliphatic rings. The van der Waals surface area contributed by atoms with Gasteiger partial charge in [-0.3, -0.25) is 4.79 Å². The van der Waals surface area contributed by atoms with Crippen LogP contribution in [0.1, 0.15) is 22.8 Å². The van der Waals surface area contributed by atoms with Gasteiger partial charge in [0.15, 0.2) is 5.78 Å². The van der Waals surface area contributed by atoms with E-state index in [1.54, 1.807) is 0 Å². The molecule has 8 heteroatoms. The van der Waals surface area contributed by atoms with Crippen molar-refractivity contribution in [2.45, 2.75) is 19.7 Å². The molecule has 1 aromatic rings. The monoisotopic (exact) mass is 332 g/mol. The Morgan fingerprint density at radius 3 is 2.28 bits per heavy atom. The number of carbonyl (C=O) groups is 1. The molecule has 0 unspecified atom stereocenters. The Morgan fingerprint density at radius 2 is 1.89 bits per heavy atom. The summed E-state index contributed by atoms with van der Waals surface area (Å²) < 4.78 is 66.1. The highest BCUT2D eigenvalue weighted by Gasteiger charge is 2.37. The molecule has 0 aliphatic carbocycles. The molecule has 0 fully saturated rings. The van der Waals surface area contributed by atoms with E-state index in [4.69, 9.17) is 0 Å². The number of hydrogen-bond acceptors (Lipinski definition) is 2. The van der Waals surface area contributed by atoms with E-state index in [1.807, 2.05) is 0 Å². The summed E-state index contributed by atoms with van der Waals surface area (Å²) in [5, 5.41) is 0. The highest BCUT2D eigenvalue weighted by atomic mass is 79.9. The first kappa shape index (κ1) is 14.9. The van der Waals surface area contributed by atoms with E-state index in [0.29, 0.717) is 6.07 Å². The van der Waals surface area contributed by atoms with Gasteiger partial charge in [0.1, 0.15) is 5.75 Å². The molecule has 1 rings (SSSR count). The van der Waals surface area contributed by atoms with E-state index in [-0.39, 0.29) is 4.47 Å². The van der Waals surface area contributed by atoms with Gasteiger partial charge in [0.25, 0.3) is 0 Å². The van der Waals surface area contributed by atoms with E-state index in [2.05, 4.69) is 20.7 Å². The molecule has 1 aromatic carbocycles. The summed E-state index contributed by atoms with van der Waals surface area (Å²) in [6, 6.07) is 1.52. The number of rotatable bonds is 3. The summed E-state index contributed by atoms with van der Waals surface area (Å²) in [4.78, 5) is 11.2. The van der Waals surface area contributed by atoms with Gasteiger partial charge >= 0.3 is 12.8 Å². The van der Waals surface area contributed by atoms with Crippen molar-refractivity contribution < 1.29 is 31.5 Å². The second-order valence-corrected chi connectivity index (χ2v) is 4.17. The molecular weight excluding hydrogens is 327 g/mol. The van der Waals surface area contributed by atoms with Crippen LogP contribution in [0.2, 0.25) is 0 Å². The van der Waals surface area contributed by atoms with Crippen LogP contribution in [-0.4, -0.2) is 12.4 Å². The minimum absolute atomic E-state index is 0.115. The molecule has 0 aromatic heterocycles. The molecule has 18 heavy (non-hydrogen) atoms. The normalized spacial score (nSPS) is 11.8. The predicted octanol–water partition coefficient (Wildman–Crippen LogP) is 4.27. The molecule has 0 N–H and O–H groups in total. The summed E-state index contributed by atoms with van der Waals surface area (Å²) in [5.41, 5.74) is -2.23. The molecule has 0 spiro atoms. The Labute approximate surface area is 107 Å². The summed E-state index contributed by atoms with van der Waals surface area (Å²) in [6.07, 6.45) is -4.84. The number of halogens is 6. The van der Waals surface area contributed by atoms with Gasteiger partial charge < -0.3 is 4.74 Å². The largest absolute Gasteiger partial charge is 0.434 e. The van der Waals surface area contributed by atoms with E-state index >= 15 is 0 Å². The predicted molar refractivity (Wildman–Crippen MR) is 55.8 cm³/mol. The zero-order chi connectivity index (χ0) is 14.1. The van der Waals surface area contributed by atoms with Crippen molar-refractivity contribution in [3.8, 4) is 5.75 Å². The summed E-state index contributed by atoms with van der Waals surface area (Å²) in [6.45, 7) is -2.48. The fraction of sp³-hybridized carbons (Fsp3) is 0.300. The van der Waals surface area contributed by atoms with Crippen molar-refractivity contribution in [2.24, 2.45) is 0 Å². The van der Waals surface area contributed by atoms with Gasteiger partial charge in [0, 0.05) is 4.47 Å². The van der Waals surface area contributed by atoms with Gasteiger partial charge in [-0.2, -0.15) is 22.0 Å². The Balaban J connectivity index is 3.51. The molecule has 0 heterocycles. The minimum atomic E-state index is -4.84. The van der Waals surface area contributed by atoms with Crippen LogP contribution in [0.15, 0.2) is 16.6 Å². The van der Waals surface area contributed by atoms with Gasteiger partial charge in [0.05, 0.1) is 11.1 Å². The van der Waals surface area contributed by atoms with Crippen LogP contribution in [-0.2, 0) is 6.18 Å². The van der Waals surface area contributed by atoms with Crippen LogP contribution in [0.3, 0.4) is 0 Å². The first-order valence-electron chi connectivity index (χ1n) is 4.49. The van der Waals surface area contributed by atoms with Crippen molar-refractivity contribution in [1.29, 1.82) is 0 Å². The third-order valence-corrected chi connectivity index (χ3v) is 2.40. The molecule has 0 aliphatic heterocycles. The molecule has 0 bridgehead atoms. The second-order valence-electron chi connectivity index (χ2n) is 3.26. The van der Waals surface area contributed by atoms with Crippen LogP contribution in [0.5, 0.6) is 5.75 Å². The van der Waals surface area contributed by atoms with Crippen LogP contribution in [0, 0.1) is 0 Å². The Morgan fingerprint density at radius 1 is 1.33 bits per heavy atom. The number of hydrogen-bond donors (Lipinski definition) is 0. The molecule has 0 radical (unpaired) electrons. The molecule has 100 valence electrons. The number of carbonyl (C=O) groups excluding carboxylic acids is 1. The second kappa shape index (κ2) is 5.21. The molecule has 0 atom stereocenters. The number of ether oxygens (including phenoxy) is 1. The maximum absolute atomic E-state index is 12.7. The first-order chi connectivity index (χ1) is 8.12. The van der Waals surface area contributed by atoms with E-state index in [0.717, 1.165) is 13.0 Å². The van der Waals surface area contributed by atoms with Gasteiger partial charge in [-0.05, 0) is 19.1 Å². The third-order valence-electron chi connectivity index (χ3n) is 1.94. The molecule has 0 saturated heterocycles. The summed E-state index contributed by atoms with van der Waals surface area (Å²) in [7, 11) is 0. The lowest BCUT2D eigenvalue weighted by atomic mass is 10.0. The fourth-order valence-corrected chi connectivity index (χ4v) is 1.79. The molecule has 0 saturated carbocycles. The van der Waals surface area contributed by atoms with Gasteiger partial charge in [-0.25, -0.2) is 0 Å². The maximum atomic E-state index is 12.7. The number of Topliss-reactive ketones (excluding diaryl/α,β-unsaturated/α-hetero) is 1. The number of benzene rings is 1. The standard InChI is InChI=1S/C10H6BrF5O2/c1-4(17)8-6(10(14,15)16)2-5(11)3-7(8)18-9(12)13/h2-3,9H,1H3. The van der Waals surface area contributed by atoms with Crippen LogP contribution < -0.4 is 4.74 Å². The Bertz CT molecular complexity index is 470. The van der Waals surface area contributed by atoms with Crippen molar-refractivity contribution in [2.75, 3.05) is 0 Å². The summed E-state index contributed by atoms with van der Waals surface area (Å²) in [5.74, 6) is -1.82. The lowest BCUT2D eigenvalue weighted by molar-refractivity contribution is -0.138. The zero-order valence-electron chi connectivity index (χ0n) is 8.82. The van der Waals surface area contributed by atoms with Crippen molar-refractivity contribution in [3.63, 3.8) is 0 Å². The quantitative estimate of drug-likeness (QED) is 0.610. The van der Waals surface area contributed by atoms with Gasteiger partial charge in [0.2, 0.25) is 0 Å². The number of alkyl halides is 5. The Hall–Kier alpha value is -1.18. The first-order valence-corrected chi connectivity index (χ1v) is 5.28. The average molecular weight is 333 g/mol. The van der Waals surface area contributed by atoms with Crippen LogP contribution in [0.25, 0.3) is 0 Å². The third kappa shape index (κ3) is 3.41. The Kier molecular flexibility index (Phi) is 4.31. The van der Waals surface area contributed by atoms with Crippen LogP contribution >= 0.6 is 15.9 Å². The fourth-order valence-electron chi connectivity index (χ4n) is 1.36. The molecule has 0 amide bonds. The maximum Gasteiger partial charge on any atom is 0.417 e. The zero-order valence-corrected chi connectivity index (χ0v) is 10.4. The minimum Gasteiger partial charge on any atom is -0.434 e. The molecular formula is C10H6BrF5O2. The molecule has 2 nitrogen and oxygen atoms in total. The van der Waals surface area contributed by atoms with E-state index < -0.39 is 35.4 Å². The average Bonchev–Trinajstić information content (AvgIpc) is 2.13. The highest BCUT2D eigenvalue weighted by Crippen LogP contribution is 2.39. The van der Waals surface area contributed by atoms with Crippen LogP contribution in [0.4, 0.5) is 22.0 Å². The lowest BCUT2D eigenvalue weighted by Crippen LogP contribution is -2.15.